The van der Waals surface area contributed by atoms with Gasteiger partial charge in [-0.05, 0) is 31.9 Å². The number of aromatic nitrogens is 2. The molecule has 162 valence electrons. The van der Waals surface area contributed by atoms with Gasteiger partial charge in [0.25, 0.3) is 5.91 Å². The summed E-state index contributed by atoms with van der Waals surface area (Å²) in [6.45, 7) is 2.75. The van der Waals surface area contributed by atoms with Gasteiger partial charge in [0.2, 0.25) is 5.91 Å². The zero-order chi connectivity index (χ0) is 21.8. The molecule has 1 aliphatic heterocycles. The minimum absolute atomic E-state index is 0.137. The van der Waals surface area contributed by atoms with Gasteiger partial charge in [-0.1, -0.05) is 18.2 Å². The summed E-state index contributed by atoms with van der Waals surface area (Å²) >= 11 is 0. The fourth-order valence-electron chi connectivity index (χ4n) is 3.77. The standard InChI is InChI=1S/C22H24N4O5/c1-2-30-19(27)13-23-21(28)14-7-9-26(10-8-14)22(29)16-12-24-25-20(16)18-11-15-5-3-4-6-17(15)31-18/h3-6,11-12,14H,2,7-10,13H2,1H3,(H,23,28)(H,24,25). The van der Waals surface area contributed by atoms with Crippen molar-refractivity contribution in [3.63, 3.8) is 0 Å². The number of hydrogen-bond acceptors (Lipinski definition) is 6. The lowest BCUT2D eigenvalue weighted by Crippen LogP contribution is -2.44. The van der Waals surface area contributed by atoms with Gasteiger partial charge in [-0.15, -0.1) is 0 Å². The molecule has 0 aliphatic carbocycles. The van der Waals surface area contributed by atoms with Crippen LogP contribution in [0.15, 0.2) is 40.9 Å². The Morgan fingerprint density at radius 3 is 2.77 bits per heavy atom. The largest absolute Gasteiger partial charge is 0.465 e. The number of aromatic amines is 1. The molecule has 3 aromatic rings. The Morgan fingerprint density at radius 1 is 1.26 bits per heavy atom. The molecule has 9 heteroatoms. The van der Waals surface area contributed by atoms with Crippen LogP contribution in [0.5, 0.6) is 0 Å². The van der Waals surface area contributed by atoms with E-state index >= 15 is 0 Å². The minimum atomic E-state index is -0.457. The molecule has 0 spiro atoms. The van der Waals surface area contributed by atoms with E-state index in [1.165, 1.54) is 6.20 Å². The van der Waals surface area contributed by atoms with Crippen LogP contribution in [0, 0.1) is 5.92 Å². The number of para-hydroxylation sites is 1. The summed E-state index contributed by atoms with van der Waals surface area (Å²) in [6, 6.07) is 9.50. The van der Waals surface area contributed by atoms with Gasteiger partial charge in [0.15, 0.2) is 5.76 Å². The molecule has 0 atom stereocenters. The number of nitrogens with zero attached hydrogens (tertiary/aromatic N) is 2. The Hall–Kier alpha value is -3.62. The first kappa shape index (κ1) is 20.6. The summed E-state index contributed by atoms with van der Waals surface area (Å²) in [5.74, 6) is -0.490. The zero-order valence-corrected chi connectivity index (χ0v) is 17.2. The molecule has 2 amide bonds. The first-order chi connectivity index (χ1) is 15.1. The molecule has 1 aliphatic rings. The van der Waals surface area contributed by atoms with Crippen molar-refractivity contribution in [2.45, 2.75) is 19.8 Å². The SMILES string of the molecule is CCOC(=O)CNC(=O)C1CCN(C(=O)c2cn[nH]c2-c2cc3ccccc3o2)CC1. The van der Waals surface area contributed by atoms with E-state index in [9.17, 15) is 14.4 Å². The van der Waals surface area contributed by atoms with Crippen molar-refractivity contribution in [2.24, 2.45) is 5.92 Å². The summed E-state index contributed by atoms with van der Waals surface area (Å²) in [5, 5.41) is 10.5. The van der Waals surface area contributed by atoms with Crippen LogP contribution in [0.2, 0.25) is 0 Å². The number of furan rings is 1. The maximum Gasteiger partial charge on any atom is 0.325 e. The number of benzene rings is 1. The normalized spacial score (nSPS) is 14.5. The number of nitrogens with one attached hydrogen (secondary N) is 2. The van der Waals surface area contributed by atoms with Gasteiger partial charge >= 0.3 is 5.97 Å². The number of esters is 1. The van der Waals surface area contributed by atoms with Crippen molar-refractivity contribution in [1.82, 2.24) is 20.4 Å². The van der Waals surface area contributed by atoms with Gasteiger partial charge in [-0.2, -0.15) is 5.10 Å². The van der Waals surface area contributed by atoms with Gasteiger partial charge in [-0.25, -0.2) is 0 Å². The molecule has 2 N–H and O–H groups in total. The summed E-state index contributed by atoms with van der Waals surface area (Å²) in [6.07, 6.45) is 2.55. The number of likely N-dealkylation sites (tertiary alicyclic amines) is 1. The molecular formula is C22H24N4O5. The topological polar surface area (TPSA) is 118 Å². The van der Waals surface area contributed by atoms with Crippen molar-refractivity contribution in [3.05, 3.63) is 42.1 Å². The van der Waals surface area contributed by atoms with Gasteiger partial charge in [0.05, 0.1) is 18.4 Å². The molecule has 4 rings (SSSR count). The van der Waals surface area contributed by atoms with Gasteiger partial charge < -0.3 is 19.4 Å². The smallest absolute Gasteiger partial charge is 0.325 e. The van der Waals surface area contributed by atoms with Crippen LogP contribution < -0.4 is 5.32 Å². The van der Waals surface area contributed by atoms with Crippen LogP contribution in [0.1, 0.15) is 30.1 Å². The zero-order valence-electron chi connectivity index (χ0n) is 17.2. The summed E-state index contributed by atoms with van der Waals surface area (Å²) < 4.78 is 10.7. The molecule has 9 nitrogen and oxygen atoms in total. The highest BCUT2D eigenvalue weighted by molar-refractivity contribution is 6.00. The number of fused-ring (bicyclic) bond motifs is 1. The first-order valence-corrected chi connectivity index (χ1v) is 10.3. The van der Waals surface area contributed by atoms with E-state index in [0.717, 1.165) is 11.0 Å². The van der Waals surface area contributed by atoms with Crippen LogP contribution in [0.4, 0.5) is 0 Å². The second-order valence-electron chi connectivity index (χ2n) is 7.40. The van der Waals surface area contributed by atoms with Crippen molar-refractivity contribution in [1.29, 1.82) is 0 Å². The number of ether oxygens (including phenoxy) is 1. The van der Waals surface area contributed by atoms with Crippen LogP contribution in [0.25, 0.3) is 22.4 Å². The molecule has 3 heterocycles. The Bertz CT molecular complexity index is 1060. The predicted molar refractivity (Wildman–Crippen MR) is 112 cm³/mol. The molecule has 0 unspecified atom stereocenters. The number of carbonyl (C=O) groups is 3. The number of rotatable bonds is 6. The third-order valence-corrected chi connectivity index (χ3v) is 5.41. The third-order valence-electron chi connectivity index (χ3n) is 5.41. The monoisotopic (exact) mass is 424 g/mol. The highest BCUT2D eigenvalue weighted by Gasteiger charge is 2.30. The van der Waals surface area contributed by atoms with E-state index < -0.39 is 5.97 Å². The van der Waals surface area contributed by atoms with E-state index in [2.05, 4.69) is 15.5 Å². The first-order valence-electron chi connectivity index (χ1n) is 10.3. The number of amides is 2. The second kappa shape index (κ2) is 9.03. The van der Waals surface area contributed by atoms with Crippen LogP contribution >= 0.6 is 0 Å². The predicted octanol–water partition coefficient (Wildman–Crippen LogP) is 2.35. The van der Waals surface area contributed by atoms with Crippen molar-refractivity contribution < 1.29 is 23.5 Å². The van der Waals surface area contributed by atoms with E-state index in [4.69, 9.17) is 9.15 Å². The maximum absolute atomic E-state index is 13.1. The Kier molecular flexibility index (Phi) is 6.01. The molecule has 0 saturated carbocycles. The van der Waals surface area contributed by atoms with Crippen LogP contribution in [-0.2, 0) is 14.3 Å². The van der Waals surface area contributed by atoms with Crippen molar-refractivity contribution >= 4 is 28.8 Å². The van der Waals surface area contributed by atoms with Crippen molar-refractivity contribution in [2.75, 3.05) is 26.2 Å². The summed E-state index contributed by atoms with van der Waals surface area (Å²) in [5.41, 5.74) is 1.71. The fourth-order valence-corrected chi connectivity index (χ4v) is 3.77. The third kappa shape index (κ3) is 4.45. The lowest BCUT2D eigenvalue weighted by Gasteiger charge is -2.31. The van der Waals surface area contributed by atoms with Gasteiger partial charge in [-0.3, -0.25) is 19.5 Å². The highest BCUT2D eigenvalue weighted by Crippen LogP contribution is 2.30. The second-order valence-corrected chi connectivity index (χ2v) is 7.40. The molecule has 1 aromatic carbocycles. The molecule has 0 bridgehead atoms. The maximum atomic E-state index is 13.1. The summed E-state index contributed by atoms with van der Waals surface area (Å²) in [7, 11) is 0. The number of piperidine rings is 1. The minimum Gasteiger partial charge on any atom is -0.465 e. The molecule has 2 aromatic heterocycles. The van der Waals surface area contributed by atoms with Crippen LogP contribution in [0.3, 0.4) is 0 Å². The van der Waals surface area contributed by atoms with Gasteiger partial charge in [0, 0.05) is 24.4 Å². The van der Waals surface area contributed by atoms with Crippen molar-refractivity contribution in [3.8, 4) is 11.5 Å². The molecule has 0 radical (unpaired) electrons. The molecular weight excluding hydrogens is 400 g/mol. The fraction of sp³-hybridized carbons (Fsp3) is 0.364. The number of H-pyrrole nitrogens is 1. The Labute approximate surface area is 178 Å². The van der Waals surface area contributed by atoms with E-state index in [1.807, 2.05) is 30.3 Å². The molecule has 1 saturated heterocycles. The quantitative estimate of drug-likeness (QED) is 0.587. The average Bonchev–Trinajstić information content (AvgIpc) is 3.44. The number of hydrogen-bond donors (Lipinski definition) is 2. The van der Waals surface area contributed by atoms with E-state index in [0.29, 0.717) is 42.9 Å². The molecule has 1 fully saturated rings. The lowest BCUT2D eigenvalue weighted by molar-refractivity contribution is -0.144. The lowest BCUT2D eigenvalue weighted by atomic mass is 9.95. The van der Waals surface area contributed by atoms with E-state index in [1.54, 1.807) is 11.8 Å². The average molecular weight is 424 g/mol. The Morgan fingerprint density at radius 2 is 2.03 bits per heavy atom. The van der Waals surface area contributed by atoms with Crippen LogP contribution in [-0.4, -0.2) is 59.1 Å². The van der Waals surface area contributed by atoms with Gasteiger partial charge in [0.1, 0.15) is 17.8 Å². The summed E-state index contributed by atoms with van der Waals surface area (Å²) in [4.78, 5) is 38.5. The van der Waals surface area contributed by atoms with E-state index in [-0.39, 0.29) is 30.9 Å². The molecule has 31 heavy (non-hydrogen) atoms. The Balaban J connectivity index is 1.38. The number of carbonyl (C=O) groups excluding carboxylic acids is 3. The highest BCUT2D eigenvalue weighted by atomic mass is 16.5.